The number of ether oxygens (including phenoxy) is 1. The highest BCUT2D eigenvalue weighted by Crippen LogP contribution is 2.47. The minimum Gasteiger partial charge on any atom is -0.493 e. The molecule has 0 aliphatic carbocycles. The molecule has 43 heteroatoms. The van der Waals surface area contributed by atoms with Crippen molar-refractivity contribution in [3.05, 3.63) is 87.9 Å². The zero-order valence-corrected chi connectivity index (χ0v) is 57.1. The standard InChI is InChI=1S/C54H52ClN15O20S7/c1-27-15-33(96(84,85)86)17-46-52(27)70-53(61-46)34(26-57)28(2)51(54(70)74)69-66-43-18-37(58-29(3)71)40(21-47(43)90-9-6-12-93(75,76)77)63-67-44-20-39(60-31(5)73)42(23-49(44)92-11-8-14-95(81,82)83)65-68-45-19-38(59-30(4)72)41(22-48(45)91-10-7-13-94(78,79)80)64-62-36-24-50(97(87,88)89)35(55)16-32(36)25-56/h15-24,74H,6-14H2,1-5H3,(H,58,71)(H,59,72)(H,60,73)(H,75,76,77)(H,78,79,80)(H,81,82,83)(H,84,85,86)(H,87,88,89). The molecule has 35 nitrogen and oxygen atoms in total. The molecule has 0 aliphatic rings. The number of fused-ring (bicyclic) bond motifs is 3. The van der Waals surface area contributed by atoms with Crippen LogP contribution in [0.1, 0.15) is 62.3 Å². The Kier molecular flexibility index (Phi) is 24.1. The van der Waals surface area contributed by atoms with Crippen molar-refractivity contribution in [2.75, 3.05) is 51.3 Å². The third kappa shape index (κ3) is 20.5. The Labute approximate surface area is 565 Å². The zero-order chi connectivity index (χ0) is 71.7. The molecular weight excluding hydrogens is 1440 g/mol. The quantitative estimate of drug-likeness (QED) is 0.00952. The number of rotatable bonds is 28. The lowest BCUT2D eigenvalue weighted by molar-refractivity contribution is -0.115. The van der Waals surface area contributed by atoms with E-state index in [9.17, 15) is 94.9 Å². The van der Waals surface area contributed by atoms with E-state index >= 15 is 0 Å². The number of aromatic nitrogens is 2. The molecule has 7 rings (SSSR count). The Hall–Kier alpha value is -9.02. The fourth-order valence-electron chi connectivity index (χ4n) is 8.69. The molecule has 0 radical (unpaired) electrons. The van der Waals surface area contributed by atoms with Crippen LogP contribution >= 0.6 is 35.1 Å². The third-order valence-corrected chi connectivity index (χ3v) is 19.6. The van der Waals surface area contributed by atoms with Crippen LogP contribution in [-0.4, -0.2) is 132 Å². The van der Waals surface area contributed by atoms with Gasteiger partial charge in [0.2, 0.25) is 23.6 Å². The van der Waals surface area contributed by atoms with Gasteiger partial charge in [0.1, 0.15) is 68.2 Å². The second-order valence-corrected chi connectivity index (χ2v) is 30.6. The number of nitriles is 2. The summed E-state index contributed by atoms with van der Waals surface area (Å²) in [7, 11) is -23.1. The van der Waals surface area contributed by atoms with Gasteiger partial charge in [-0.05, 0) is 105 Å². The van der Waals surface area contributed by atoms with Crippen LogP contribution in [0.3, 0.4) is 0 Å². The number of anilines is 3. The number of halogens is 1. The van der Waals surface area contributed by atoms with Gasteiger partial charge in [0.15, 0.2) is 11.3 Å². The minimum atomic E-state index is -4.95. The molecule has 0 bridgehead atoms. The number of amides is 3. The molecule has 512 valence electrons. The number of imidazole rings is 1. The van der Waals surface area contributed by atoms with Crippen LogP contribution in [0.5, 0.6) is 11.6 Å². The summed E-state index contributed by atoms with van der Waals surface area (Å²) in [5.74, 6) is -5.19. The highest BCUT2D eigenvalue weighted by atomic mass is 35.5. The van der Waals surface area contributed by atoms with E-state index in [-0.39, 0.29) is 142 Å². The maximum atomic E-state index is 12.9. The first-order chi connectivity index (χ1) is 45.2. The molecule has 97 heavy (non-hydrogen) atoms. The van der Waals surface area contributed by atoms with Crippen molar-refractivity contribution in [2.24, 2.45) is 40.9 Å². The Bertz CT molecular complexity index is 5210. The highest BCUT2D eigenvalue weighted by molar-refractivity contribution is 7.99. The average Bonchev–Trinajstić information content (AvgIpc) is 1.59. The van der Waals surface area contributed by atoms with Crippen LogP contribution < -0.4 is 20.7 Å². The largest absolute Gasteiger partial charge is 0.493 e. The number of pyridine rings is 1. The molecule has 5 aromatic carbocycles. The molecular formula is C54H52ClN15O20S7. The molecule has 2 aromatic heterocycles. The fraction of sp³-hybridized carbons (Fsp3) is 0.259. The number of aryl methyl sites for hydroxylation is 1. The smallest absolute Gasteiger partial charge is 0.296 e. The first-order valence-corrected chi connectivity index (χ1v) is 37.3. The SMILES string of the molecule is CC(=O)Nc1cc(N=Nc2cc(SCCCS(=O)(=O)O)c(N=Nc3cc(OCCCS(=O)(=O)O)c(N=Nc4c(C)c(C#N)c5nc6cc(S(=O)(=O)O)cc(C)c6n5c4O)cc3NC(C)=O)cc2NC(C)=O)c(SCCCS(=O)(=O)O)cc1N=Nc1cc(S(=O)(=O)O)c(Cl)cc1C#N. The maximum Gasteiger partial charge on any atom is 0.296 e. The number of aromatic hydroxyl groups is 1. The lowest BCUT2D eigenvalue weighted by Gasteiger charge is -2.14. The second kappa shape index (κ2) is 31.0. The monoisotopic (exact) mass is 1490 g/mol. The van der Waals surface area contributed by atoms with Crippen molar-refractivity contribution in [1.82, 2.24) is 9.38 Å². The Morgan fingerprint density at radius 2 is 1.03 bits per heavy atom. The Morgan fingerprint density at radius 3 is 1.48 bits per heavy atom. The molecule has 0 saturated heterocycles. The zero-order valence-electron chi connectivity index (χ0n) is 50.6. The van der Waals surface area contributed by atoms with Gasteiger partial charge in [0.05, 0.1) is 67.4 Å². The number of hydrogen-bond acceptors (Lipinski definition) is 28. The van der Waals surface area contributed by atoms with Gasteiger partial charge < -0.3 is 25.8 Å². The first-order valence-electron chi connectivity index (χ1n) is 27.3. The van der Waals surface area contributed by atoms with E-state index in [4.69, 9.17) is 16.3 Å². The van der Waals surface area contributed by atoms with Crippen molar-refractivity contribution in [1.29, 1.82) is 10.5 Å². The van der Waals surface area contributed by atoms with Gasteiger partial charge in [-0.25, -0.2) is 4.98 Å². The van der Waals surface area contributed by atoms with Gasteiger partial charge in [0, 0.05) is 42.2 Å². The van der Waals surface area contributed by atoms with Crippen molar-refractivity contribution in [2.45, 2.75) is 73.5 Å². The summed E-state index contributed by atoms with van der Waals surface area (Å²) >= 11 is 7.89. The van der Waals surface area contributed by atoms with Crippen molar-refractivity contribution < 1.29 is 89.1 Å². The van der Waals surface area contributed by atoms with E-state index in [1.807, 2.05) is 6.07 Å². The third-order valence-electron chi connectivity index (χ3n) is 12.8. The number of nitrogens with one attached hydrogen (secondary N) is 3. The minimum absolute atomic E-state index is 0.0111. The summed E-state index contributed by atoms with van der Waals surface area (Å²) in [4.78, 5) is 41.7. The Morgan fingerprint density at radius 1 is 0.577 bits per heavy atom. The van der Waals surface area contributed by atoms with Crippen LogP contribution in [0.4, 0.5) is 62.6 Å². The summed E-state index contributed by atoms with van der Waals surface area (Å²) in [5, 5.41) is 73.5. The molecule has 2 heterocycles. The number of benzene rings is 5. The molecule has 7 aromatic rings. The molecule has 0 aliphatic heterocycles. The first kappa shape index (κ1) is 75.4. The molecule has 0 spiro atoms. The highest BCUT2D eigenvalue weighted by Gasteiger charge is 2.26. The summed E-state index contributed by atoms with van der Waals surface area (Å²) in [5.41, 5.74) is -2.42. The normalized spacial score (nSPS) is 12.5. The number of nitrogens with zero attached hydrogens (tertiary/aromatic N) is 12. The topological polar surface area (TPSA) is 552 Å². The lowest BCUT2D eigenvalue weighted by Crippen LogP contribution is -2.09. The molecule has 0 saturated carbocycles. The second-order valence-electron chi connectivity index (χ2n) is 20.3. The summed E-state index contributed by atoms with van der Waals surface area (Å²) in [6.45, 7) is 5.79. The summed E-state index contributed by atoms with van der Waals surface area (Å²) < 4.78 is 174. The number of azo groups is 4. The van der Waals surface area contributed by atoms with Crippen LogP contribution in [-0.2, 0) is 65.0 Å². The lowest BCUT2D eigenvalue weighted by atomic mass is 10.1. The van der Waals surface area contributed by atoms with Crippen molar-refractivity contribution in [3.63, 3.8) is 0 Å². The van der Waals surface area contributed by atoms with Crippen LogP contribution in [0.15, 0.2) is 121 Å². The van der Waals surface area contributed by atoms with E-state index in [1.165, 1.54) is 50.2 Å². The number of carbonyl (C=O) groups excluding carboxylic acids is 3. The molecule has 0 fully saturated rings. The van der Waals surface area contributed by atoms with Gasteiger partial charge in [-0.15, -0.1) is 64.4 Å². The summed E-state index contributed by atoms with van der Waals surface area (Å²) in [6, 6.07) is 15.0. The molecule has 3 amide bonds. The summed E-state index contributed by atoms with van der Waals surface area (Å²) in [6.07, 6.45) is -0.607. The van der Waals surface area contributed by atoms with Crippen LogP contribution in [0.2, 0.25) is 5.02 Å². The van der Waals surface area contributed by atoms with E-state index < -0.39 is 119 Å². The van der Waals surface area contributed by atoms with Gasteiger partial charge >= 0.3 is 0 Å². The van der Waals surface area contributed by atoms with Gasteiger partial charge in [0.25, 0.3) is 50.6 Å². The molecule has 0 unspecified atom stereocenters. The van der Waals surface area contributed by atoms with E-state index in [1.54, 1.807) is 6.07 Å². The van der Waals surface area contributed by atoms with E-state index in [0.29, 0.717) is 0 Å². The fourth-order valence-corrected chi connectivity index (χ4v) is 14.1. The van der Waals surface area contributed by atoms with E-state index in [0.717, 1.165) is 73.0 Å². The Balaban J connectivity index is 1.39. The van der Waals surface area contributed by atoms with Crippen molar-refractivity contribution in [3.8, 4) is 23.8 Å². The van der Waals surface area contributed by atoms with Crippen LogP contribution in [0, 0.1) is 36.5 Å². The number of carbonyl (C=O) groups is 3. The maximum absolute atomic E-state index is 12.9. The van der Waals surface area contributed by atoms with E-state index in [2.05, 4.69) is 61.8 Å². The van der Waals surface area contributed by atoms with Crippen molar-refractivity contribution >= 4 is 183 Å². The molecule has 9 N–H and O–H groups in total. The number of thioether (sulfide) groups is 2. The van der Waals surface area contributed by atoms with Gasteiger partial charge in [-0.2, -0.15) is 52.6 Å². The predicted molar refractivity (Wildman–Crippen MR) is 353 cm³/mol. The van der Waals surface area contributed by atoms with Gasteiger partial charge in [-0.1, -0.05) is 11.6 Å². The predicted octanol–water partition coefficient (Wildman–Crippen LogP) is 11.6. The van der Waals surface area contributed by atoms with Crippen LogP contribution in [0.25, 0.3) is 16.7 Å². The number of hydrogen-bond donors (Lipinski definition) is 9. The van der Waals surface area contributed by atoms with Gasteiger partial charge in [-0.3, -0.25) is 41.5 Å². The average molecular weight is 1490 g/mol. The molecule has 0 atom stereocenters.